The van der Waals surface area contributed by atoms with Gasteiger partial charge in [0, 0.05) is 0 Å². The fraction of sp³-hybridized carbons (Fsp3) is 0.438. The third kappa shape index (κ3) is 7.46. The lowest BCUT2D eigenvalue weighted by Crippen LogP contribution is -2.44. The first-order valence-electron chi connectivity index (χ1n) is 13.6. The van der Waals surface area contributed by atoms with Crippen LogP contribution in [-0.2, 0) is 25.3 Å². The van der Waals surface area contributed by atoms with Crippen LogP contribution in [-0.4, -0.2) is 18.2 Å². The molecule has 1 N–H and O–H groups in total. The largest absolute Gasteiger partial charge is 0.279 e. The number of hydrogen-bond donors (Lipinski definition) is 1. The minimum Gasteiger partial charge on any atom is -0.279 e. The van der Waals surface area contributed by atoms with Crippen LogP contribution < -0.4 is 4.72 Å². The summed E-state index contributed by atoms with van der Waals surface area (Å²) in [5.74, 6) is 0.604. The standard InChI is InChI=1S/C32H43NO4S2/c1-21(2)26-19-28(22(3)4)30(29(20-26)23(5)6)38(34)37-32(8,9)31(25-13-11-10-12-14-25)33-39(35,36)27-17-15-24(7)16-18-27/h10-23,31,33H,1-9H3/t31-,38+/m0/s1. The minimum atomic E-state index is -3.90. The maximum Gasteiger partial charge on any atom is 0.241 e. The second-order valence-electron chi connectivity index (χ2n) is 11.7. The molecule has 3 rings (SSSR count). The summed E-state index contributed by atoms with van der Waals surface area (Å²) in [5.41, 5.74) is 3.72. The molecule has 5 nitrogen and oxygen atoms in total. The first-order chi connectivity index (χ1) is 18.1. The van der Waals surface area contributed by atoms with Gasteiger partial charge in [0.05, 0.1) is 15.8 Å². The average molecular weight is 570 g/mol. The van der Waals surface area contributed by atoms with Crippen molar-refractivity contribution in [2.45, 2.75) is 102 Å². The van der Waals surface area contributed by atoms with Gasteiger partial charge in [0.25, 0.3) is 0 Å². The molecule has 0 bridgehead atoms. The molecule has 3 aromatic rings. The van der Waals surface area contributed by atoms with Crippen LogP contribution in [0.2, 0.25) is 0 Å². The smallest absolute Gasteiger partial charge is 0.241 e. The molecule has 3 aromatic carbocycles. The Kier molecular flexibility index (Phi) is 9.97. The van der Waals surface area contributed by atoms with Crippen LogP contribution in [0, 0.1) is 6.92 Å². The summed E-state index contributed by atoms with van der Waals surface area (Å²) in [6, 6.07) is 19.5. The number of aryl methyl sites for hydroxylation is 1. The van der Waals surface area contributed by atoms with Crippen LogP contribution >= 0.6 is 0 Å². The number of rotatable bonds is 11. The van der Waals surface area contributed by atoms with E-state index in [1.165, 1.54) is 5.56 Å². The molecule has 39 heavy (non-hydrogen) atoms. The highest BCUT2D eigenvalue weighted by Crippen LogP contribution is 2.38. The van der Waals surface area contributed by atoms with Gasteiger partial charge in [-0.3, -0.25) is 4.18 Å². The Bertz CT molecular complexity index is 1360. The minimum absolute atomic E-state index is 0.136. The SMILES string of the molecule is Cc1ccc(S(=O)(=O)N[C@@H](c2ccccc2)C(C)(C)O[S@@](=O)c2c(C(C)C)cc(C(C)C)cc2C(C)C)cc1. The van der Waals surface area contributed by atoms with Crippen LogP contribution in [0.15, 0.2) is 76.5 Å². The number of hydrogen-bond acceptors (Lipinski definition) is 4. The van der Waals surface area contributed by atoms with Crippen LogP contribution in [0.3, 0.4) is 0 Å². The molecule has 0 spiro atoms. The summed E-state index contributed by atoms with van der Waals surface area (Å²) in [6.07, 6.45) is 0. The second kappa shape index (κ2) is 12.5. The Hall–Kier alpha value is -2.32. The van der Waals surface area contributed by atoms with Crippen molar-refractivity contribution in [1.82, 2.24) is 4.72 Å². The fourth-order valence-corrected chi connectivity index (χ4v) is 7.47. The van der Waals surface area contributed by atoms with E-state index in [0.717, 1.165) is 22.3 Å². The maximum absolute atomic E-state index is 14.1. The predicted octanol–water partition coefficient (Wildman–Crippen LogP) is 7.90. The van der Waals surface area contributed by atoms with Crippen LogP contribution in [0.4, 0.5) is 0 Å². The van der Waals surface area contributed by atoms with Crippen LogP contribution in [0.1, 0.15) is 107 Å². The van der Waals surface area contributed by atoms with Gasteiger partial charge in [0.15, 0.2) is 11.1 Å². The summed E-state index contributed by atoms with van der Waals surface area (Å²) >= 11 is -1.84. The average Bonchev–Trinajstić information content (AvgIpc) is 2.86. The van der Waals surface area contributed by atoms with E-state index in [2.05, 4.69) is 58.4 Å². The van der Waals surface area contributed by atoms with E-state index in [-0.39, 0.29) is 16.7 Å². The summed E-state index contributed by atoms with van der Waals surface area (Å²) in [4.78, 5) is 0.852. The molecule has 0 radical (unpaired) electrons. The van der Waals surface area contributed by atoms with Crippen molar-refractivity contribution in [2.75, 3.05) is 0 Å². The summed E-state index contributed by atoms with van der Waals surface area (Å²) in [6.45, 7) is 18.2. The lowest BCUT2D eigenvalue weighted by Gasteiger charge is -2.35. The molecular weight excluding hydrogens is 526 g/mol. The van der Waals surface area contributed by atoms with Gasteiger partial charge < -0.3 is 0 Å². The van der Waals surface area contributed by atoms with Crippen molar-refractivity contribution in [3.05, 3.63) is 94.5 Å². The topological polar surface area (TPSA) is 72.5 Å². The molecule has 0 fully saturated rings. The van der Waals surface area contributed by atoms with Crippen molar-refractivity contribution in [2.24, 2.45) is 0 Å². The van der Waals surface area contributed by atoms with E-state index in [1.54, 1.807) is 38.1 Å². The van der Waals surface area contributed by atoms with Gasteiger partial charge in [-0.15, -0.1) is 0 Å². The van der Waals surface area contributed by atoms with Crippen molar-refractivity contribution < 1.29 is 16.8 Å². The molecule has 2 atom stereocenters. The maximum atomic E-state index is 14.1. The van der Waals surface area contributed by atoms with E-state index in [1.807, 2.05) is 37.3 Å². The quantitative estimate of drug-likeness (QED) is 0.255. The Morgan fingerprint density at radius 3 is 1.74 bits per heavy atom. The van der Waals surface area contributed by atoms with E-state index in [9.17, 15) is 12.6 Å². The van der Waals surface area contributed by atoms with Gasteiger partial charge in [-0.25, -0.2) is 17.3 Å². The van der Waals surface area contributed by atoms with E-state index in [0.29, 0.717) is 10.8 Å². The molecule has 0 aliphatic rings. The van der Waals surface area contributed by atoms with Crippen molar-refractivity contribution in [3.8, 4) is 0 Å². The van der Waals surface area contributed by atoms with E-state index < -0.39 is 32.7 Å². The zero-order valence-electron chi connectivity index (χ0n) is 24.6. The molecule has 0 aliphatic heterocycles. The van der Waals surface area contributed by atoms with E-state index >= 15 is 0 Å². The fourth-order valence-electron chi connectivity index (χ4n) is 4.56. The Morgan fingerprint density at radius 2 is 1.28 bits per heavy atom. The van der Waals surface area contributed by atoms with Gasteiger partial charge in [-0.2, -0.15) is 0 Å². The molecule has 0 saturated carbocycles. The predicted molar refractivity (Wildman–Crippen MR) is 161 cm³/mol. The van der Waals surface area contributed by atoms with Crippen molar-refractivity contribution >= 4 is 21.1 Å². The highest BCUT2D eigenvalue weighted by atomic mass is 32.2. The number of benzene rings is 3. The summed E-state index contributed by atoms with van der Waals surface area (Å²) in [5, 5.41) is 0. The third-order valence-electron chi connectivity index (χ3n) is 6.97. The summed E-state index contributed by atoms with van der Waals surface area (Å²) in [7, 11) is -3.90. The number of nitrogens with one attached hydrogen (secondary N) is 1. The van der Waals surface area contributed by atoms with Crippen molar-refractivity contribution in [1.29, 1.82) is 0 Å². The Morgan fingerprint density at radius 1 is 0.769 bits per heavy atom. The first kappa shape index (κ1) is 31.2. The molecule has 0 unspecified atom stereocenters. The zero-order chi connectivity index (χ0) is 29.1. The molecule has 0 aromatic heterocycles. The van der Waals surface area contributed by atoms with Gasteiger partial charge in [0.2, 0.25) is 10.0 Å². The van der Waals surface area contributed by atoms with Gasteiger partial charge >= 0.3 is 0 Å². The Balaban J connectivity index is 2.08. The molecule has 212 valence electrons. The third-order valence-corrected chi connectivity index (χ3v) is 9.79. The zero-order valence-corrected chi connectivity index (χ0v) is 26.2. The highest BCUT2D eigenvalue weighted by molar-refractivity contribution is 7.89. The number of sulfonamides is 1. The summed E-state index contributed by atoms with van der Waals surface area (Å²) < 4.78 is 50.3. The molecule has 0 heterocycles. The molecular formula is C32H43NO4S2. The lowest BCUT2D eigenvalue weighted by molar-refractivity contribution is 0.0895. The monoisotopic (exact) mass is 569 g/mol. The molecule has 0 amide bonds. The Labute approximate surface area is 238 Å². The highest BCUT2D eigenvalue weighted by Gasteiger charge is 2.38. The molecule has 0 saturated heterocycles. The van der Waals surface area contributed by atoms with Gasteiger partial charge in [0.1, 0.15) is 5.60 Å². The van der Waals surface area contributed by atoms with Crippen molar-refractivity contribution in [3.63, 3.8) is 0 Å². The van der Waals surface area contributed by atoms with Gasteiger partial charge in [-0.05, 0) is 72.9 Å². The normalized spacial score (nSPS) is 14.3. The molecule has 0 aliphatic carbocycles. The van der Waals surface area contributed by atoms with Crippen LogP contribution in [0.25, 0.3) is 0 Å². The first-order valence-corrected chi connectivity index (χ1v) is 16.1. The van der Waals surface area contributed by atoms with Crippen LogP contribution in [0.5, 0.6) is 0 Å². The lowest BCUT2D eigenvalue weighted by atomic mass is 9.89. The second-order valence-corrected chi connectivity index (χ2v) is 14.5. The van der Waals surface area contributed by atoms with Gasteiger partial charge in [-0.1, -0.05) is 102 Å². The molecule has 7 heteroatoms. The van der Waals surface area contributed by atoms with E-state index in [4.69, 9.17) is 4.18 Å².